The fraction of sp³-hybridized carbons (Fsp3) is 0.556. The molecule has 0 radical (unpaired) electrons. The summed E-state index contributed by atoms with van der Waals surface area (Å²) in [6, 6.07) is 1.20. The monoisotopic (exact) mass is 522 g/mol. The van der Waals surface area contributed by atoms with E-state index in [1.807, 2.05) is 0 Å². The molecule has 0 saturated carbocycles. The van der Waals surface area contributed by atoms with Crippen molar-refractivity contribution in [2.45, 2.75) is 24.9 Å². The van der Waals surface area contributed by atoms with Gasteiger partial charge in [-0.25, -0.2) is 18.5 Å². The maximum Gasteiger partial charge on any atom is 0.466 e. The molecule has 1 aliphatic rings. The van der Waals surface area contributed by atoms with Gasteiger partial charge in [0.2, 0.25) is 0 Å². The summed E-state index contributed by atoms with van der Waals surface area (Å²) in [4.78, 5) is 89.0. The first-order valence-corrected chi connectivity index (χ1v) is 11.9. The first kappa shape index (κ1) is 32.1. The third-order valence-corrected chi connectivity index (χ3v) is 2.55. The van der Waals surface area contributed by atoms with E-state index in [0.717, 1.165) is 0 Å². The van der Waals surface area contributed by atoms with Gasteiger partial charge in [0.1, 0.15) is 12.3 Å². The Balaban J connectivity index is 0. The van der Waals surface area contributed by atoms with Crippen LogP contribution >= 0.6 is 23.5 Å². The van der Waals surface area contributed by atoms with Crippen molar-refractivity contribution < 1.29 is 72.7 Å². The van der Waals surface area contributed by atoms with Crippen molar-refractivity contribution in [1.82, 2.24) is 9.55 Å². The smallest absolute Gasteiger partial charge is 0.394 e. The zero-order chi connectivity index (χ0) is 25.2. The zero-order valence-corrected chi connectivity index (χ0v) is 17.6. The number of aromatic nitrogens is 2. The first-order valence-electron chi connectivity index (χ1n) is 7.22. The Morgan fingerprint density at radius 3 is 1.61 bits per heavy atom. The third-order valence-electron chi connectivity index (χ3n) is 2.55. The second-order valence-corrected chi connectivity index (χ2v) is 8.25. The standard InChI is InChI=1S/C9H12N2O5.3H3O4P/c12-4-6-5(13)3-8(16-6)11-2-1-7(14)10-9(11)15;3*1-5(2,3)4/h1-2,5-6,8,12-13H,3-4H2,(H,10,14,15);3*(H3,1,2,3,4)/t5-,6+,8+;;;/m0.../s1. The second-order valence-electron chi connectivity index (χ2n) is 5.17. The molecule has 1 aromatic heterocycles. The predicted molar refractivity (Wildman–Crippen MR) is 95.7 cm³/mol. The Labute approximate surface area is 171 Å². The highest BCUT2D eigenvalue weighted by molar-refractivity contribution is 7.45. The van der Waals surface area contributed by atoms with Crippen molar-refractivity contribution in [3.05, 3.63) is 33.1 Å². The van der Waals surface area contributed by atoms with Crippen LogP contribution in [-0.4, -0.2) is 82.6 Å². The summed E-state index contributed by atoms with van der Waals surface area (Å²) in [6.45, 7) is -0.310. The fourth-order valence-corrected chi connectivity index (χ4v) is 1.70. The summed E-state index contributed by atoms with van der Waals surface area (Å²) in [7, 11) is -13.9. The molecule has 0 aromatic carbocycles. The largest absolute Gasteiger partial charge is 0.466 e. The topological polar surface area (TPSA) is 338 Å². The molecule has 31 heavy (non-hydrogen) atoms. The number of nitrogens with one attached hydrogen (secondary N) is 1. The Bertz CT molecular complexity index is 838. The van der Waals surface area contributed by atoms with Crippen molar-refractivity contribution in [2.24, 2.45) is 0 Å². The van der Waals surface area contributed by atoms with Gasteiger partial charge in [0.05, 0.1) is 12.7 Å². The molecule has 0 aliphatic carbocycles. The number of hydrogen-bond donors (Lipinski definition) is 12. The minimum Gasteiger partial charge on any atom is -0.394 e. The number of aliphatic hydroxyl groups is 2. The number of ether oxygens (including phenoxy) is 1. The molecule has 1 aromatic rings. The quantitative estimate of drug-likeness (QED) is 0.162. The van der Waals surface area contributed by atoms with Gasteiger partial charge in [-0.05, 0) is 0 Å². The van der Waals surface area contributed by atoms with Crippen molar-refractivity contribution in [3.8, 4) is 0 Å². The van der Waals surface area contributed by atoms with Crippen LogP contribution < -0.4 is 11.2 Å². The van der Waals surface area contributed by atoms with E-state index in [1.165, 1.54) is 16.8 Å². The highest BCUT2D eigenvalue weighted by atomic mass is 31.2. The van der Waals surface area contributed by atoms with Crippen LogP contribution in [0.1, 0.15) is 12.6 Å². The molecule has 0 unspecified atom stereocenters. The molecule has 3 atom stereocenters. The van der Waals surface area contributed by atoms with E-state index in [0.29, 0.717) is 0 Å². The SMILES string of the molecule is O=P(O)(O)O.O=P(O)(O)O.O=P(O)(O)O.O=c1ccn([C@H]2C[C@H](O)[C@@H](CO)O2)c(=O)[nH]1. The van der Waals surface area contributed by atoms with Crippen LogP contribution in [-0.2, 0) is 18.4 Å². The van der Waals surface area contributed by atoms with E-state index in [2.05, 4.69) is 4.98 Å². The molecule has 184 valence electrons. The van der Waals surface area contributed by atoms with Gasteiger partial charge >= 0.3 is 29.2 Å². The summed E-state index contributed by atoms with van der Waals surface area (Å²) in [5.74, 6) is 0. The summed E-state index contributed by atoms with van der Waals surface area (Å²) in [5.41, 5.74) is -1.08. The average molecular weight is 522 g/mol. The lowest BCUT2D eigenvalue weighted by atomic mass is 10.2. The molecular weight excluding hydrogens is 501 g/mol. The van der Waals surface area contributed by atoms with E-state index < -0.39 is 53.2 Å². The van der Waals surface area contributed by atoms with Crippen LogP contribution in [0.3, 0.4) is 0 Å². The molecule has 2 rings (SSSR count). The summed E-state index contributed by atoms with van der Waals surface area (Å²) < 4.78 is 33.1. The maximum atomic E-state index is 11.4. The van der Waals surface area contributed by atoms with Gasteiger partial charge in [-0.2, -0.15) is 0 Å². The van der Waals surface area contributed by atoms with E-state index in [1.54, 1.807) is 0 Å². The molecule has 2 heterocycles. The number of nitrogens with zero attached hydrogens (tertiary/aromatic N) is 1. The first-order chi connectivity index (χ1) is 13.6. The van der Waals surface area contributed by atoms with Crippen molar-refractivity contribution in [2.75, 3.05) is 6.61 Å². The number of H-pyrrole nitrogens is 1. The minimum absolute atomic E-state index is 0.206. The van der Waals surface area contributed by atoms with Gasteiger partial charge in [0.25, 0.3) is 5.56 Å². The van der Waals surface area contributed by atoms with Crippen molar-refractivity contribution in [3.63, 3.8) is 0 Å². The summed E-state index contributed by atoms with van der Waals surface area (Å²) >= 11 is 0. The molecule has 22 heteroatoms. The maximum absolute atomic E-state index is 11.4. The van der Waals surface area contributed by atoms with Gasteiger partial charge in [0, 0.05) is 18.7 Å². The zero-order valence-electron chi connectivity index (χ0n) is 15.0. The molecule has 0 amide bonds. The summed E-state index contributed by atoms with van der Waals surface area (Å²) in [5, 5.41) is 18.4. The molecular formula is C9H21N2O17P3. The number of phosphoric acid groups is 3. The normalized spacial score (nSPS) is 20.9. The average Bonchev–Trinajstić information content (AvgIpc) is 2.82. The molecule has 0 bridgehead atoms. The van der Waals surface area contributed by atoms with Crippen LogP contribution in [0.5, 0.6) is 0 Å². The highest BCUT2D eigenvalue weighted by Gasteiger charge is 2.34. The van der Waals surface area contributed by atoms with Crippen LogP contribution in [0.25, 0.3) is 0 Å². The Kier molecular flexibility index (Phi) is 13.9. The molecule has 12 N–H and O–H groups in total. The lowest BCUT2D eigenvalue weighted by Gasteiger charge is -2.13. The predicted octanol–water partition coefficient (Wildman–Crippen LogP) is -4.61. The van der Waals surface area contributed by atoms with Crippen molar-refractivity contribution in [1.29, 1.82) is 0 Å². The van der Waals surface area contributed by atoms with E-state index in [9.17, 15) is 14.7 Å². The lowest BCUT2D eigenvalue weighted by Crippen LogP contribution is -2.31. The third kappa shape index (κ3) is 23.4. The number of hydrogen-bond acceptors (Lipinski definition) is 8. The number of rotatable bonds is 2. The highest BCUT2D eigenvalue weighted by Crippen LogP contribution is 2.27. The second kappa shape index (κ2) is 13.4. The van der Waals surface area contributed by atoms with Gasteiger partial charge in [-0.1, -0.05) is 0 Å². The fourth-order valence-electron chi connectivity index (χ4n) is 1.70. The van der Waals surface area contributed by atoms with Gasteiger partial charge in [-0.3, -0.25) is 14.3 Å². The summed E-state index contributed by atoms with van der Waals surface area (Å²) in [6.07, 6.45) is -0.649. The van der Waals surface area contributed by atoms with Crippen molar-refractivity contribution >= 4 is 23.5 Å². The number of aromatic amines is 1. The van der Waals surface area contributed by atoms with Crippen LogP contribution in [0.4, 0.5) is 0 Å². The minimum atomic E-state index is -4.64. The van der Waals surface area contributed by atoms with Gasteiger partial charge in [-0.15, -0.1) is 0 Å². The molecule has 19 nitrogen and oxygen atoms in total. The Morgan fingerprint density at radius 1 is 0.935 bits per heavy atom. The van der Waals surface area contributed by atoms with E-state index >= 15 is 0 Å². The molecule has 1 saturated heterocycles. The molecule has 1 aliphatic heterocycles. The van der Waals surface area contributed by atoms with Gasteiger partial charge < -0.3 is 59.0 Å². The molecule has 1 fully saturated rings. The lowest BCUT2D eigenvalue weighted by molar-refractivity contribution is -0.0459. The van der Waals surface area contributed by atoms with Crippen LogP contribution in [0, 0.1) is 0 Å². The Hall–Kier alpha value is -1.11. The Morgan fingerprint density at radius 2 is 1.32 bits per heavy atom. The van der Waals surface area contributed by atoms with E-state index in [-0.39, 0.29) is 13.0 Å². The van der Waals surface area contributed by atoms with Crippen LogP contribution in [0.2, 0.25) is 0 Å². The van der Waals surface area contributed by atoms with Crippen LogP contribution in [0.15, 0.2) is 21.9 Å². The number of aliphatic hydroxyl groups excluding tert-OH is 2. The van der Waals surface area contributed by atoms with Gasteiger partial charge in [0.15, 0.2) is 0 Å². The molecule has 0 spiro atoms. The van der Waals surface area contributed by atoms with E-state index in [4.69, 9.17) is 67.6 Å².